The molecule has 9 heteroatoms. The van der Waals surface area contributed by atoms with Crippen LogP contribution in [0.15, 0.2) is 54.6 Å². The van der Waals surface area contributed by atoms with Crippen LogP contribution in [0.2, 0.25) is 0 Å². The maximum atomic E-state index is 13.1. The summed E-state index contributed by atoms with van der Waals surface area (Å²) in [6.45, 7) is 0.952. The molecular formula is C21H27N3O5S. The van der Waals surface area contributed by atoms with Crippen molar-refractivity contribution in [3.05, 3.63) is 65.7 Å². The number of nitrogens with one attached hydrogen (secondary N) is 2. The van der Waals surface area contributed by atoms with Gasteiger partial charge in [-0.15, -0.1) is 0 Å². The number of likely N-dealkylation sites (N-methyl/N-ethyl adjacent to an activating group) is 1. The molecule has 0 bridgehead atoms. The van der Waals surface area contributed by atoms with E-state index in [9.17, 15) is 18.0 Å². The van der Waals surface area contributed by atoms with Gasteiger partial charge in [0.25, 0.3) is 5.91 Å². The summed E-state index contributed by atoms with van der Waals surface area (Å²) in [5, 5.41) is 5.49. The second kappa shape index (κ2) is 10.9. The summed E-state index contributed by atoms with van der Waals surface area (Å²) in [6, 6.07) is 14.1. The minimum absolute atomic E-state index is 0.289. The summed E-state index contributed by atoms with van der Waals surface area (Å²) in [4.78, 5) is 25.6. The van der Waals surface area contributed by atoms with Gasteiger partial charge in [0, 0.05) is 27.3 Å². The van der Waals surface area contributed by atoms with E-state index in [1.54, 1.807) is 61.7 Å². The Bertz CT molecular complexity index is 964. The second-order valence-electron chi connectivity index (χ2n) is 6.73. The zero-order valence-electron chi connectivity index (χ0n) is 17.3. The van der Waals surface area contributed by atoms with Crippen molar-refractivity contribution < 1.29 is 22.7 Å². The van der Waals surface area contributed by atoms with E-state index >= 15 is 0 Å². The van der Waals surface area contributed by atoms with Gasteiger partial charge in [-0.2, -0.15) is 4.31 Å². The molecule has 0 radical (unpaired) electrons. The van der Waals surface area contributed by atoms with E-state index in [0.717, 1.165) is 10.6 Å². The number of carbonyl (C=O) groups excluding carboxylic acids is 2. The van der Waals surface area contributed by atoms with Crippen molar-refractivity contribution in [2.45, 2.75) is 12.5 Å². The summed E-state index contributed by atoms with van der Waals surface area (Å²) in [5.41, 5.74) is 1.11. The van der Waals surface area contributed by atoms with Crippen LogP contribution in [0.1, 0.15) is 28.4 Å². The fourth-order valence-corrected chi connectivity index (χ4v) is 3.46. The van der Waals surface area contributed by atoms with E-state index in [-0.39, 0.29) is 11.5 Å². The zero-order valence-corrected chi connectivity index (χ0v) is 18.1. The molecule has 1 atom stereocenters. The van der Waals surface area contributed by atoms with Gasteiger partial charge in [-0.3, -0.25) is 9.59 Å². The van der Waals surface area contributed by atoms with E-state index in [1.807, 2.05) is 0 Å². The first-order valence-corrected chi connectivity index (χ1v) is 11.3. The summed E-state index contributed by atoms with van der Waals surface area (Å²) in [5.74, 6) is -0.900. The first-order chi connectivity index (χ1) is 14.3. The third-order valence-electron chi connectivity index (χ3n) is 4.49. The van der Waals surface area contributed by atoms with Crippen molar-refractivity contribution in [3.8, 4) is 0 Å². The average Bonchev–Trinajstić information content (AvgIpc) is 2.71. The van der Waals surface area contributed by atoms with Crippen LogP contribution in [0.5, 0.6) is 0 Å². The lowest BCUT2D eigenvalue weighted by Crippen LogP contribution is -2.38. The Morgan fingerprint density at radius 2 is 1.70 bits per heavy atom. The van der Waals surface area contributed by atoms with Crippen molar-refractivity contribution in [3.63, 3.8) is 0 Å². The fourth-order valence-electron chi connectivity index (χ4n) is 2.86. The molecule has 8 nitrogen and oxygen atoms in total. The van der Waals surface area contributed by atoms with Crippen molar-refractivity contribution in [1.82, 2.24) is 9.62 Å². The minimum atomic E-state index is -3.65. The number of anilines is 1. The Hall–Kier alpha value is -2.75. The fraction of sp³-hybridized carbons (Fsp3) is 0.333. The molecule has 0 aliphatic rings. The molecule has 2 amide bonds. The molecule has 0 aliphatic heterocycles. The molecule has 30 heavy (non-hydrogen) atoms. The highest BCUT2D eigenvalue weighted by Gasteiger charge is 2.31. The average molecular weight is 434 g/mol. The van der Waals surface area contributed by atoms with E-state index < -0.39 is 22.0 Å². The van der Waals surface area contributed by atoms with E-state index in [0.29, 0.717) is 30.8 Å². The van der Waals surface area contributed by atoms with Crippen LogP contribution in [-0.2, 0) is 19.6 Å². The number of para-hydroxylation sites is 1. The van der Waals surface area contributed by atoms with Crippen LogP contribution in [-0.4, -0.2) is 58.1 Å². The lowest BCUT2D eigenvalue weighted by Gasteiger charge is -2.26. The zero-order chi connectivity index (χ0) is 22.1. The van der Waals surface area contributed by atoms with Gasteiger partial charge < -0.3 is 15.4 Å². The van der Waals surface area contributed by atoms with Crippen LogP contribution in [0.4, 0.5) is 5.69 Å². The van der Waals surface area contributed by atoms with Crippen molar-refractivity contribution in [1.29, 1.82) is 0 Å². The number of hydrogen-bond acceptors (Lipinski definition) is 5. The standard InChI is InChI=1S/C21H27N3O5S/c1-24(30(3,27)28)19(16-10-5-4-6-11-16)21(26)23-18-13-8-7-12-17(18)20(25)22-14-9-15-29-2/h4-8,10-13,19H,9,14-15H2,1-3H3,(H,22,25)(H,23,26)/t19-/m0/s1. The second-order valence-corrected chi connectivity index (χ2v) is 8.77. The number of carbonyl (C=O) groups is 2. The summed E-state index contributed by atoms with van der Waals surface area (Å²) >= 11 is 0. The smallest absolute Gasteiger partial charge is 0.253 e. The molecule has 0 saturated carbocycles. The number of ether oxygens (including phenoxy) is 1. The van der Waals surface area contributed by atoms with E-state index in [1.165, 1.54) is 7.05 Å². The highest BCUT2D eigenvalue weighted by atomic mass is 32.2. The predicted octanol–water partition coefficient (Wildman–Crippen LogP) is 2.02. The Balaban J connectivity index is 2.27. The number of hydrogen-bond donors (Lipinski definition) is 2. The van der Waals surface area contributed by atoms with E-state index in [4.69, 9.17) is 4.74 Å². The van der Waals surface area contributed by atoms with Gasteiger partial charge in [0.05, 0.1) is 17.5 Å². The number of rotatable bonds is 10. The number of amides is 2. The molecule has 0 heterocycles. The molecule has 0 aliphatic carbocycles. The SMILES string of the molecule is COCCCNC(=O)c1ccccc1NC(=O)[C@H](c1ccccc1)N(C)S(C)(=O)=O. The van der Waals surface area contributed by atoms with Crippen LogP contribution < -0.4 is 10.6 Å². The van der Waals surface area contributed by atoms with Crippen LogP contribution in [0, 0.1) is 0 Å². The Labute approximate surface area is 177 Å². The summed E-state index contributed by atoms with van der Waals surface area (Å²) in [6.07, 6.45) is 1.70. The molecule has 2 aromatic rings. The highest BCUT2D eigenvalue weighted by Crippen LogP contribution is 2.25. The van der Waals surface area contributed by atoms with Crippen LogP contribution >= 0.6 is 0 Å². The van der Waals surface area contributed by atoms with Gasteiger partial charge in [-0.1, -0.05) is 42.5 Å². The Morgan fingerprint density at radius 1 is 1.07 bits per heavy atom. The molecular weight excluding hydrogens is 406 g/mol. The molecule has 2 N–H and O–H groups in total. The number of nitrogens with zero attached hydrogens (tertiary/aromatic N) is 1. The molecule has 0 spiro atoms. The van der Waals surface area contributed by atoms with Crippen molar-refractivity contribution in [2.24, 2.45) is 0 Å². The molecule has 0 aromatic heterocycles. The Morgan fingerprint density at radius 3 is 2.33 bits per heavy atom. The number of benzene rings is 2. The van der Waals surface area contributed by atoms with Crippen molar-refractivity contribution >= 4 is 27.5 Å². The maximum absolute atomic E-state index is 13.1. The summed E-state index contributed by atoms with van der Waals surface area (Å²) < 4.78 is 30.2. The van der Waals surface area contributed by atoms with Gasteiger partial charge in [0.1, 0.15) is 6.04 Å². The lowest BCUT2D eigenvalue weighted by molar-refractivity contribution is -0.119. The molecule has 2 rings (SSSR count). The van der Waals surface area contributed by atoms with Crippen LogP contribution in [0.3, 0.4) is 0 Å². The van der Waals surface area contributed by atoms with Gasteiger partial charge in [0.2, 0.25) is 15.9 Å². The first kappa shape index (κ1) is 23.5. The predicted molar refractivity (Wildman–Crippen MR) is 116 cm³/mol. The number of sulfonamides is 1. The third-order valence-corrected chi connectivity index (χ3v) is 5.75. The minimum Gasteiger partial charge on any atom is -0.385 e. The van der Waals surface area contributed by atoms with Crippen LogP contribution in [0.25, 0.3) is 0 Å². The Kier molecular flexibility index (Phi) is 8.52. The third kappa shape index (κ3) is 6.38. The topological polar surface area (TPSA) is 105 Å². The largest absolute Gasteiger partial charge is 0.385 e. The quantitative estimate of drug-likeness (QED) is 0.558. The summed E-state index contributed by atoms with van der Waals surface area (Å²) in [7, 11) is -0.715. The molecule has 2 aromatic carbocycles. The van der Waals surface area contributed by atoms with Crippen molar-refractivity contribution in [2.75, 3.05) is 38.9 Å². The monoisotopic (exact) mass is 433 g/mol. The van der Waals surface area contributed by atoms with Gasteiger partial charge in [-0.05, 0) is 24.1 Å². The first-order valence-electron chi connectivity index (χ1n) is 9.40. The molecule has 0 unspecified atom stereocenters. The van der Waals surface area contributed by atoms with E-state index in [2.05, 4.69) is 10.6 Å². The number of methoxy groups -OCH3 is 1. The normalized spacial score (nSPS) is 12.4. The molecule has 162 valence electrons. The van der Waals surface area contributed by atoms with Gasteiger partial charge in [-0.25, -0.2) is 8.42 Å². The maximum Gasteiger partial charge on any atom is 0.253 e. The van der Waals surface area contributed by atoms with Gasteiger partial charge in [0.15, 0.2) is 0 Å². The lowest BCUT2D eigenvalue weighted by atomic mass is 10.1. The molecule has 0 saturated heterocycles. The highest BCUT2D eigenvalue weighted by molar-refractivity contribution is 7.88. The van der Waals surface area contributed by atoms with Gasteiger partial charge >= 0.3 is 0 Å². The molecule has 0 fully saturated rings.